The fraction of sp³-hybridized carbons (Fsp3) is 0.364. The first-order valence-electron chi connectivity index (χ1n) is 9.75. The maximum atomic E-state index is 12.9. The summed E-state index contributed by atoms with van der Waals surface area (Å²) in [5.74, 6) is 0.0846. The fourth-order valence-corrected chi connectivity index (χ4v) is 5.61. The van der Waals surface area contributed by atoms with Gasteiger partial charge in [-0.3, -0.25) is 4.90 Å². The van der Waals surface area contributed by atoms with Gasteiger partial charge in [0.15, 0.2) is 0 Å². The summed E-state index contributed by atoms with van der Waals surface area (Å²) in [5, 5.41) is 1.26. The largest absolute Gasteiger partial charge is 0.358 e. The first-order valence-corrected chi connectivity index (χ1v) is 11.4. The van der Waals surface area contributed by atoms with Gasteiger partial charge < -0.3 is 4.98 Å². The van der Waals surface area contributed by atoms with E-state index in [0.717, 1.165) is 36.3 Å². The van der Waals surface area contributed by atoms with Gasteiger partial charge in [0, 0.05) is 49.3 Å². The number of hydrogen-bond acceptors (Lipinski definition) is 3. The van der Waals surface area contributed by atoms with Crippen LogP contribution in [-0.2, 0) is 22.3 Å². The molecule has 0 saturated carbocycles. The summed E-state index contributed by atoms with van der Waals surface area (Å²) in [6.07, 6.45) is 0. The molecule has 0 amide bonds. The van der Waals surface area contributed by atoms with Gasteiger partial charge in [0.05, 0.1) is 5.75 Å². The maximum Gasteiger partial charge on any atom is 0.218 e. The van der Waals surface area contributed by atoms with Crippen LogP contribution in [0.2, 0.25) is 0 Å². The third-order valence-corrected chi connectivity index (χ3v) is 7.56. The van der Waals surface area contributed by atoms with Crippen molar-refractivity contribution in [2.75, 3.05) is 26.2 Å². The van der Waals surface area contributed by atoms with Crippen LogP contribution in [0, 0.1) is 13.8 Å². The van der Waals surface area contributed by atoms with E-state index in [4.69, 9.17) is 0 Å². The van der Waals surface area contributed by atoms with Crippen LogP contribution in [0.3, 0.4) is 0 Å². The van der Waals surface area contributed by atoms with Crippen molar-refractivity contribution in [2.45, 2.75) is 26.1 Å². The van der Waals surface area contributed by atoms with Crippen LogP contribution in [0.1, 0.15) is 22.4 Å². The molecule has 0 bridgehead atoms. The minimum atomic E-state index is -3.29. The molecule has 1 fully saturated rings. The summed E-state index contributed by atoms with van der Waals surface area (Å²) in [7, 11) is -3.29. The summed E-state index contributed by atoms with van der Waals surface area (Å²) >= 11 is 0. The van der Waals surface area contributed by atoms with Gasteiger partial charge in [-0.05, 0) is 36.6 Å². The van der Waals surface area contributed by atoms with E-state index in [9.17, 15) is 8.42 Å². The van der Waals surface area contributed by atoms with E-state index >= 15 is 0 Å². The number of fused-ring (bicyclic) bond motifs is 1. The molecule has 1 saturated heterocycles. The molecule has 0 aliphatic carbocycles. The minimum Gasteiger partial charge on any atom is -0.358 e. The van der Waals surface area contributed by atoms with Crippen molar-refractivity contribution in [3.05, 3.63) is 70.9 Å². The van der Waals surface area contributed by atoms with Crippen LogP contribution >= 0.6 is 0 Å². The van der Waals surface area contributed by atoms with Crippen LogP contribution in [0.25, 0.3) is 10.9 Å². The second-order valence-corrected chi connectivity index (χ2v) is 9.60. The highest BCUT2D eigenvalue weighted by atomic mass is 32.2. The van der Waals surface area contributed by atoms with Gasteiger partial charge in [-0.15, -0.1) is 0 Å². The number of H-pyrrole nitrogens is 1. The quantitative estimate of drug-likeness (QED) is 0.718. The number of piperazine rings is 1. The van der Waals surface area contributed by atoms with Crippen molar-refractivity contribution in [2.24, 2.45) is 0 Å². The number of benzene rings is 2. The summed E-state index contributed by atoms with van der Waals surface area (Å²) in [4.78, 5) is 5.80. The van der Waals surface area contributed by atoms with Gasteiger partial charge in [-0.2, -0.15) is 4.31 Å². The zero-order valence-corrected chi connectivity index (χ0v) is 17.3. The predicted octanol–water partition coefficient (Wildman–Crippen LogP) is 3.43. The number of nitrogens with zero attached hydrogens (tertiary/aromatic N) is 2. The lowest BCUT2D eigenvalue weighted by Crippen LogP contribution is -2.48. The third-order valence-electron chi connectivity index (χ3n) is 5.73. The molecule has 28 heavy (non-hydrogen) atoms. The zero-order chi connectivity index (χ0) is 19.7. The van der Waals surface area contributed by atoms with Gasteiger partial charge in [-0.1, -0.05) is 42.5 Å². The Bertz CT molecular complexity index is 1080. The molecule has 3 aromatic rings. The number of aryl methyl sites for hydroxylation is 2. The predicted molar refractivity (Wildman–Crippen MR) is 114 cm³/mol. The first kappa shape index (κ1) is 19.2. The van der Waals surface area contributed by atoms with Gasteiger partial charge in [0.2, 0.25) is 10.0 Å². The lowest BCUT2D eigenvalue weighted by atomic mass is 10.1. The van der Waals surface area contributed by atoms with E-state index in [1.54, 1.807) is 4.31 Å². The lowest BCUT2D eigenvalue weighted by Gasteiger charge is -2.34. The maximum absolute atomic E-state index is 12.9. The second kappa shape index (κ2) is 7.70. The molecule has 0 atom stereocenters. The molecule has 1 aromatic heterocycles. The van der Waals surface area contributed by atoms with Gasteiger partial charge >= 0.3 is 0 Å². The number of hydrogen-bond donors (Lipinski definition) is 1. The van der Waals surface area contributed by atoms with E-state index in [0.29, 0.717) is 13.1 Å². The summed E-state index contributed by atoms with van der Waals surface area (Å²) in [6, 6.07) is 16.1. The third kappa shape index (κ3) is 3.85. The Kier molecular flexibility index (Phi) is 5.27. The Labute approximate surface area is 167 Å². The molecule has 5 nitrogen and oxygen atoms in total. The Morgan fingerprint density at radius 1 is 0.929 bits per heavy atom. The number of aromatic nitrogens is 1. The van der Waals surface area contributed by atoms with Crippen LogP contribution in [0.5, 0.6) is 0 Å². The molecule has 0 unspecified atom stereocenters. The molecule has 1 aliphatic rings. The van der Waals surface area contributed by atoms with Crippen molar-refractivity contribution in [3.8, 4) is 0 Å². The van der Waals surface area contributed by atoms with Gasteiger partial charge in [0.1, 0.15) is 0 Å². The Morgan fingerprint density at radius 2 is 1.61 bits per heavy atom. The Morgan fingerprint density at radius 3 is 2.36 bits per heavy atom. The van der Waals surface area contributed by atoms with Crippen LogP contribution in [0.4, 0.5) is 0 Å². The summed E-state index contributed by atoms with van der Waals surface area (Å²) in [6.45, 7) is 7.54. The van der Waals surface area contributed by atoms with E-state index in [1.165, 1.54) is 16.6 Å². The molecule has 6 heteroatoms. The van der Waals surface area contributed by atoms with Crippen molar-refractivity contribution in [1.82, 2.24) is 14.2 Å². The first-order chi connectivity index (χ1) is 13.4. The van der Waals surface area contributed by atoms with Crippen molar-refractivity contribution in [3.63, 3.8) is 0 Å². The van der Waals surface area contributed by atoms with Crippen LogP contribution in [0.15, 0.2) is 48.5 Å². The molecule has 2 aromatic carbocycles. The number of para-hydroxylation sites is 1. The average molecular weight is 398 g/mol. The molecule has 2 heterocycles. The molecule has 4 rings (SSSR count). The highest BCUT2D eigenvalue weighted by molar-refractivity contribution is 7.88. The molecule has 0 spiro atoms. The Balaban J connectivity index is 1.41. The molecule has 1 aliphatic heterocycles. The van der Waals surface area contributed by atoms with Gasteiger partial charge in [0.25, 0.3) is 0 Å². The van der Waals surface area contributed by atoms with E-state index < -0.39 is 10.0 Å². The number of aromatic amines is 1. The van der Waals surface area contributed by atoms with Crippen LogP contribution < -0.4 is 0 Å². The number of nitrogens with one attached hydrogen (secondary N) is 1. The molecule has 1 N–H and O–H groups in total. The van der Waals surface area contributed by atoms with Crippen LogP contribution in [-0.4, -0.2) is 48.8 Å². The van der Waals surface area contributed by atoms with E-state index in [2.05, 4.69) is 35.0 Å². The highest BCUT2D eigenvalue weighted by Crippen LogP contribution is 2.24. The fourth-order valence-electron chi connectivity index (χ4n) is 3.99. The van der Waals surface area contributed by atoms with Gasteiger partial charge in [-0.25, -0.2) is 8.42 Å². The smallest absolute Gasteiger partial charge is 0.218 e. The second-order valence-electron chi connectivity index (χ2n) is 7.63. The molecular weight excluding hydrogens is 370 g/mol. The topological polar surface area (TPSA) is 56.4 Å². The molecular formula is C22H27N3O2S. The Hall–Kier alpha value is -2.15. The average Bonchev–Trinajstić information content (AvgIpc) is 2.99. The van der Waals surface area contributed by atoms with Crippen molar-refractivity contribution >= 4 is 20.9 Å². The zero-order valence-electron chi connectivity index (χ0n) is 16.5. The highest BCUT2D eigenvalue weighted by Gasteiger charge is 2.28. The normalized spacial score (nSPS) is 16.6. The summed E-state index contributed by atoms with van der Waals surface area (Å²) < 4.78 is 27.4. The molecule has 148 valence electrons. The lowest BCUT2D eigenvalue weighted by molar-refractivity contribution is 0.182. The minimum absolute atomic E-state index is 0.0846. The van der Waals surface area contributed by atoms with E-state index in [-0.39, 0.29) is 5.75 Å². The monoisotopic (exact) mass is 397 g/mol. The number of rotatable bonds is 5. The standard InChI is InChI=1S/C22H27N3O2S/c1-17-7-3-4-8-19(17)16-28(26,27)25-13-11-24(12-14-25)15-21-18(2)23-22-10-6-5-9-20(21)22/h3-10,23H,11-16H2,1-2H3. The van der Waals surface area contributed by atoms with E-state index in [1.807, 2.05) is 37.3 Å². The van der Waals surface area contributed by atoms with Crippen molar-refractivity contribution < 1.29 is 8.42 Å². The SMILES string of the molecule is Cc1ccccc1CS(=O)(=O)N1CCN(Cc2c(C)[nH]c3ccccc23)CC1. The summed E-state index contributed by atoms with van der Waals surface area (Å²) in [5.41, 5.74) is 5.58. The number of sulfonamides is 1. The molecule has 0 radical (unpaired) electrons. The van der Waals surface area contributed by atoms with Crippen molar-refractivity contribution in [1.29, 1.82) is 0 Å².